The van der Waals surface area contributed by atoms with Crippen LogP contribution in [0.5, 0.6) is 5.75 Å². The van der Waals surface area contributed by atoms with Gasteiger partial charge in [0.05, 0.1) is 12.1 Å². The van der Waals surface area contributed by atoms with Gasteiger partial charge >= 0.3 is 0 Å². The number of methoxy groups -OCH3 is 1. The minimum absolute atomic E-state index is 0.619. The SMILES string of the molecule is COc1cc(C)c(-c2nccs2)cc1Cl. The van der Waals surface area contributed by atoms with Crippen molar-refractivity contribution in [1.82, 2.24) is 4.98 Å². The average molecular weight is 240 g/mol. The van der Waals surface area contributed by atoms with E-state index in [1.807, 2.05) is 24.4 Å². The second kappa shape index (κ2) is 4.21. The molecule has 0 aliphatic rings. The third-order valence-corrected chi connectivity index (χ3v) is 3.26. The van der Waals surface area contributed by atoms with Gasteiger partial charge in [0, 0.05) is 17.1 Å². The summed E-state index contributed by atoms with van der Waals surface area (Å²) < 4.78 is 5.15. The van der Waals surface area contributed by atoms with Gasteiger partial charge in [0.25, 0.3) is 0 Å². The number of rotatable bonds is 2. The molecule has 2 aromatic rings. The van der Waals surface area contributed by atoms with Crippen LogP contribution >= 0.6 is 22.9 Å². The van der Waals surface area contributed by atoms with Crippen LogP contribution in [0.15, 0.2) is 23.7 Å². The fourth-order valence-electron chi connectivity index (χ4n) is 1.40. The highest BCUT2D eigenvalue weighted by molar-refractivity contribution is 7.13. The summed E-state index contributed by atoms with van der Waals surface area (Å²) in [4.78, 5) is 4.26. The van der Waals surface area contributed by atoms with E-state index in [-0.39, 0.29) is 0 Å². The van der Waals surface area contributed by atoms with Gasteiger partial charge in [0.15, 0.2) is 0 Å². The first-order chi connectivity index (χ1) is 7.22. The fraction of sp³-hybridized carbons (Fsp3) is 0.182. The van der Waals surface area contributed by atoms with Crippen molar-refractivity contribution >= 4 is 22.9 Å². The second-order valence-electron chi connectivity index (χ2n) is 3.14. The molecule has 1 heterocycles. The molecule has 1 aromatic heterocycles. The van der Waals surface area contributed by atoms with Crippen molar-refractivity contribution < 1.29 is 4.74 Å². The number of halogens is 1. The first kappa shape index (κ1) is 10.5. The highest BCUT2D eigenvalue weighted by Crippen LogP contribution is 2.34. The molecule has 0 aliphatic carbocycles. The van der Waals surface area contributed by atoms with Gasteiger partial charge in [-0.3, -0.25) is 0 Å². The first-order valence-electron chi connectivity index (χ1n) is 4.46. The van der Waals surface area contributed by atoms with Crippen molar-refractivity contribution in [2.45, 2.75) is 6.92 Å². The van der Waals surface area contributed by atoms with Crippen LogP contribution < -0.4 is 4.74 Å². The summed E-state index contributed by atoms with van der Waals surface area (Å²) in [5.74, 6) is 0.703. The zero-order valence-corrected chi connectivity index (χ0v) is 10.0. The van der Waals surface area contributed by atoms with Gasteiger partial charge in [-0.2, -0.15) is 0 Å². The van der Waals surface area contributed by atoms with E-state index in [1.54, 1.807) is 24.6 Å². The van der Waals surface area contributed by atoms with Crippen molar-refractivity contribution in [3.8, 4) is 16.3 Å². The molecule has 0 N–H and O–H groups in total. The normalized spacial score (nSPS) is 10.3. The van der Waals surface area contributed by atoms with Crippen molar-refractivity contribution in [3.05, 3.63) is 34.3 Å². The Morgan fingerprint density at radius 3 is 2.80 bits per heavy atom. The molecule has 2 rings (SSSR count). The third-order valence-electron chi connectivity index (χ3n) is 2.16. The Bertz CT molecular complexity index is 468. The summed E-state index contributed by atoms with van der Waals surface area (Å²) in [5.41, 5.74) is 2.18. The summed E-state index contributed by atoms with van der Waals surface area (Å²) in [7, 11) is 1.61. The van der Waals surface area contributed by atoms with Crippen LogP contribution in [0.4, 0.5) is 0 Å². The molecule has 4 heteroatoms. The summed E-state index contributed by atoms with van der Waals surface area (Å²) >= 11 is 7.67. The maximum absolute atomic E-state index is 6.07. The summed E-state index contributed by atoms with van der Waals surface area (Å²) in [6.45, 7) is 2.02. The van der Waals surface area contributed by atoms with Crippen LogP contribution in [-0.4, -0.2) is 12.1 Å². The largest absolute Gasteiger partial charge is 0.495 e. The van der Waals surface area contributed by atoms with E-state index in [1.165, 1.54) is 0 Å². The maximum atomic E-state index is 6.07. The monoisotopic (exact) mass is 239 g/mol. The lowest BCUT2D eigenvalue weighted by Gasteiger charge is -2.07. The van der Waals surface area contributed by atoms with Crippen molar-refractivity contribution in [3.63, 3.8) is 0 Å². The quantitative estimate of drug-likeness (QED) is 0.796. The minimum Gasteiger partial charge on any atom is -0.495 e. The fourth-order valence-corrected chi connectivity index (χ4v) is 2.36. The van der Waals surface area contributed by atoms with Gasteiger partial charge in [-0.1, -0.05) is 11.6 Å². The average Bonchev–Trinajstić information content (AvgIpc) is 2.74. The molecular formula is C11H10ClNOS. The number of nitrogens with zero attached hydrogens (tertiary/aromatic N) is 1. The van der Waals surface area contributed by atoms with Crippen LogP contribution in [0.3, 0.4) is 0 Å². The van der Waals surface area contributed by atoms with Crippen molar-refractivity contribution in [1.29, 1.82) is 0 Å². The van der Waals surface area contributed by atoms with E-state index in [4.69, 9.17) is 16.3 Å². The van der Waals surface area contributed by atoms with Crippen molar-refractivity contribution in [2.24, 2.45) is 0 Å². The smallest absolute Gasteiger partial charge is 0.137 e. The lowest BCUT2D eigenvalue weighted by molar-refractivity contribution is 0.415. The Balaban J connectivity index is 2.55. The lowest BCUT2D eigenvalue weighted by Crippen LogP contribution is -1.88. The third kappa shape index (κ3) is 1.98. The summed E-state index contributed by atoms with van der Waals surface area (Å²) in [6, 6.07) is 3.83. The van der Waals surface area contributed by atoms with Crippen molar-refractivity contribution in [2.75, 3.05) is 7.11 Å². The Hall–Kier alpha value is -1.06. The van der Waals surface area contributed by atoms with Gasteiger partial charge in [0.1, 0.15) is 10.8 Å². The van der Waals surface area contributed by atoms with Gasteiger partial charge in [-0.05, 0) is 24.6 Å². The number of aromatic nitrogens is 1. The molecule has 0 fully saturated rings. The predicted molar refractivity (Wildman–Crippen MR) is 63.8 cm³/mol. The molecule has 2 nitrogen and oxygen atoms in total. The van der Waals surface area contributed by atoms with Crippen LogP contribution in [-0.2, 0) is 0 Å². The molecule has 0 aliphatic heterocycles. The number of aryl methyl sites for hydroxylation is 1. The number of ether oxygens (including phenoxy) is 1. The van der Waals surface area contributed by atoms with E-state index in [9.17, 15) is 0 Å². The summed E-state index contributed by atoms with van der Waals surface area (Å²) in [5, 5.41) is 3.55. The zero-order valence-electron chi connectivity index (χ0n) is 8.45. The van der Waals surface area contributed by atoms with Gasteiger partial charge in [0.2, 0.25) is 0 Å². The number of hydrogen-bond donors (Lipinski definition) is 0. The molecule has 0 saturated carbocycles. The molecule has 1 aromatic carbocycles. The lowest BCUT2D eigenvalue weighted by atomic mass is 10.1. The van der Waals surface area contributed by atoms with E-state index in [0.29, 0.717) is 10.8 Å². The molecule has 0 atom stereocenters. The Kier molecular flexibility index (Phi) is 2.93. The molecule has 78 valence electrons. The van der Waals surface area contributed by atoms with Crippen LogP contribution in [0, 0.1) is 6.92 Å². The molecule has 0 amide bonds. The second-order valence-corrected chi connectivity index (χ2v) is 4.44. The Labute approximate surface area is 97.5 Å². The summed E-state index contributed by atoms with van der Waals surface area (Å²) in [6.07, 6.45) is 1.79. The van der Waals surface area contributed by atoms with Gasteiger partial charge in [-0.15, -0.1) is 11.3 Å². The topological polar surface area (TPSA) is 22.1 Å². The minimum atomic E-state index is 0.619. The number of benzene rings is 1. The number of thiazole rings is 1. The highest BCUT2D eigenvalue weighted by atomic mass is 35.5. The highest BCUT2D eigenvalue weighted by Gasteiger charge is 2.09. The molecule has 0 radical (unpaired) electrons. The van der Waals surface area contributed by atoms with E-state index < -0.39 is 0 Å². The first-order valence-corrected chi connectivity index (χ1v) is 5.72. The Morgan fingerprint density at radius 1 is 1.40 bits per heavy atom. The van der Waals surface area contributed by atoms with Gasteiger partial charge in [-0.25, -0.2) is 4.98 Å². The van der Waals surface area contributed by atoms with E-state index in [0.717, 1.165) is 16.1 Å². The van der Waals surface area contributed by atoms with Gasteiger partial charge < -0.3 is 4.74 Å². The number of hydrogen-bond acceptors (Lipinski definition) is 3. The molecule has 0 unspecified atom stereocenters. The van der Waals surface area contributed by atoms with Crippen LogP contribution in [0.25, 0.3) is 10.6 Å². The predicted octanol–water partition coefficient (Wildman–Crippen LogP) is 3.78. The zero-order chi connectivity index (χ0) is 10.8. The van der Waals surface area contributed by atoms with E-state index in [2.05, 4.69) is 4.98 Å². The maximum Gasteiger partial charge on any atom is 0.137 e. The van der Waals surface area contributed by atoms with Crippen LogP contribution in [0.1, 0.15) is 5.56 Å². The molecule has 0 bridgehead atoms. The molecule has 0 spiro atoms. The standard InChI is InChI=1S/C11H10ClNOS/c1-7-5-10(14-2)9(12)6-8(7)11-13-3-4-15-11/h3-6H,1-2H3. The molecule has 0 saturated heterocycles. The molecular weight excluding hydrogens is 230 g/mol. The van der Waals surface area contributed by atoms with Crippen LogP contribution in [0.2, 0.25) is 5.02 Å². The molecule has 15 heavy (non-hydrogen) atoms. The van der Waals surface area contributed by atoms with E-state index >= 15 is 0 Å². The Morgan fingerprint density at radius 2 is 2.20 bits per heavy atom.